The van der Waals surface area contributed by atoms with Gasteiger partial charge in [-0.05, 0) is 37.1 Å². The van der Waals surface area contributed by atoms with Crippen LogP contribution in [0, 0.1) is 5.82 Å². The van der Waals surface area contributed by atoms with Crippen LogP contribution in [0.3, 0.4) is 0 Å². The number of nitrogens with zero attached hydrogens (tertiary/aromatic N) is 3. The van der Waals surface area contributed by atoms with Gasteiger partial charge in [0.25, 0.3) is 0 Å². The quantitative estimate of drug-likeness (QED) is 0.578. The lowest BCUT2D eigenvalue weighted by molar-refractivity contribution is 0.0283. The molecular formula is C27H36FN3O3. The van der Waals surface area contributed by atoms with Crippen molar-refractivity contribution in [2.75, 3.05) is 46.5 Å². The summed E-state index contributed by atoms with van der Waals surface area (Å²) in [6, 6.07) is 14.2. The highest BCUT2D eigenvalue weighted by Gasteiger charge is 2.30. The highest BCUT2D eigenvalue weighted by molar-refractivity contribution is 5.89. The van der Waals surface area contributed by atoms with Gasteiger partial charge in [-0.2, -0.15) is 0 Å². The Labute approximate surface area is 202 Å². The van der Waals surface area contributed by atoms with Crippen molar-refractivity contribution in [2.24, 2.45) is 0 Å². The summed E-state index contributed by atoms with van der Waals surface area (Å²) in [5.74, 6) is -0.877. The Morgan fingerprint density at radius 3 is 2.29 bits per heavy atom. The van der Waals surface area contributed by atoms with Gasteiger partial charge >= 0.3 is 5.97 Å². The number of esters is 1. The number of morpholine rings is 1. The monoisotopic (exact) mass is 469 g/mol. The van der Waals surface area contributed by atoms with Crippen LogP contribution < -0.4 is 0 Å². The molecule has 6 nitrogen and oxygen atoms in total. The number of benzene rings is 2. The molecule has 0 unspecified atom stereocenters. The molecule has 2 aromatic rings. The van der Waals surface area contributed by atoms with E-state index in [0.717, 1.165) is 52.5 Å². The van der Waals surface area contributed by atoms with E-state index in [1.165, 1.54) is 24.3 Å². The van der Waals surface area contributed by atoms with Crippen LogP contribution >= 0.6 is 0 Å². The number of carbonyl (C=O) groups excluding carboxylic acids is 1. The summed E-state index contributed by atoms with van der Waals surface area (Å²) < 4.78 is 24.8. The van der Waals surface area contributed by atoms with E-state index in [4.69, 9.17) is 4.74 Å². The van der Waals surface area contributed by atoms with Crippen LogP contribution in [0.5, 0.6) is 0 Å². The number of halogens is 1. The van der Waals surface area contributed by atoms with Crippen molar-refractivity contribution < 1.29 is 18.7 Å². The molecule has 0 aliphatic carbocycles. The number of piperazine rings is 1. The lowest BCUT2D eigenvalue weighted by Gasteiger charge is -2.44. The van der Waals surface area contributed by atoms with Crippen LogP contribution in [-0.2, 0) is 29.1 Å². The number of ether oxygens (including phenoxy) is 2. The molecule has 2 aromatic carbocycles. The molecule has 2 aliphatic rings. The summed E-state index contributed by atoms with van der Waals surface area (Å²) in [5, 5.41) is 0. The van der Waals surface area contributed by atoms with Gasteiger partial charge in [0.1, 0.15) is 5.82 Å². The third-order valence-corrected chi connectivity index (χ3v) is 6.91. The van der Waals surface area contributed by atoms with Gasteiger partial charge in [0, 0.05) is 63.5 Å². The van der Waals surface area contributed by atoms with Crippen molar-refractivity contribution in [3.8, 4) is 0 Å². The molecule has 0 saturated carbocycles. The first kappa shape index (κ1) is 24.8. The van der Waals surface area contributed by atoms with Gasteiger partial charge in [-0.25, -0.2) is 9.18 Å². The summed E-state index contributed by atoms with van der Waals surface area (Å²) in [7, 11) is 1.30. The van der Waals surface area contributed by atoms with Crippen molar-refractivity contribution in [2.45, 2.75) is 45.6 Å². The van der Waals surface area contributed by atoms with Gasteiger partial charge in [-0.3, -0.25) is 14.7 Å². The summed E-state index contributed by atoms with van der Waals surface area (Å²) in [4.78, 5) is 18.9. The highest BCUT2D eigenvalue weighted by Crippen LogP contribution is 2.23. The molecule has 4 rings (SSSR count). The van der Waals surface area contributed by atoms with Gasteiger partial charge in [-0.1, -0.05) is 30.3 Å². The average Bonchev–Trinajstić information content (AvgIpc) is 2.83. The molecule has 0 N–H and O–H groups in total. The Balaban J connectivity index is 1.35. The number of methoxy groups -OCH3 is 1. The number of hydrogen-bond acceptors (Lipinski definition) is 6. The minimum absolute atomic E-state index is 0.242. The lowest BCUT2D eigenvalue weighted by atomic mass is 10.0. The largest absolute Gasteiger partial charge is 0.465 e. The van der Waals surface area contributed by atoms with E-state index in [9.17, 15) is 9.18 Å². The van der Waals surface area contributed by atoms with E-state index >= 15 is 0 Å². The Morgan fingerprint density at radius 1 is 0.971 bits per heavy atom. The smallest absolute Gasteiger partial charge is 0.337 e. The van der Waals surface area contributed by atoms with Crippen molar-refractivity contribution in [1.29, 1.82) is 0 Å². The number of rotatable bonds is 7. The van der Waals surface area contributed by atoms with E-state index in [-0.39, 0.29) is 11.4 Å². The molecule has 0 radical (unpaired) electrons. The van der Waals surface area contributed by atoms with Gasteiger partial charge < -0.3 is 9.47 Å². The second-order valence-electron chi connectivity index (χ2n) is 9.57. The Kier molecular flexibility index (Phi) is 8.32. The van der Waals surface area contributed by atoms with Crippen molar-refractivity contribution >= 4 is 5.97 Å². The fourth-order valence-electron chi connectivity index (χ4n) is 5.12. The van der Waals surface area contributed by atoms with Crippen LogP contribution in [0.2, 0.25) is 0 Å². The number of hydrogen-bond donors (Lipinski definition) is 0. The van der Waals surface area contributed by atoms with Crippen LogP contribution in [0.15, 0.2) is 42.5 Å². The molecule has 0 amide bonds. The first-order valence-electron chi connectivity index (χ1n) is 12.2. The summed E-state index contributed by atoms with van der Waals surface area (Å²) in [5.41, 5.74) is 3.54. The average molecular weight is 470 g/mol. The molecule has 2 atom stereocenters. The molecule has 0 aromatic heterocycles. The summed E-state index contributed by atoms with van der Waals surface area (Å²) in [6.45, 7) is 12.3. The molecule has 184 valence electrons. The van der Waals surface area contributed by atoms with Crippen LogP contribution in [0.4, 0.5) is 4.39 Å². The van der Waals surface area contributed by atoms with Gasteiger partial charge in [0.2, 0.25) is 0 Å². The molecule has 2 saturated heterocycles. The molecule has 34 heavy (non-hydrogen) atoms. The third-order valence-electron chi connectivity index (χ3n) is 6.91. The summed E-state index contributed by atoms with van der Waals surface area (Å²) in [6.07, 6.45) is 0. The van der Waals surface area contributed by atoms with E-state index in [1.807, 2.05) is 0 Å². The SMILES string of the molecule is COC(=O)c1ccc(CN2C[C@@H](C)N(Cc3cccc(CN4CCOCC4)c3)[C@@H](C)C2)c(F)c1. The molecule has 0 bridgehead atoms. The zero-order valence-electron chi connectivity index (χ0n) is 20.5. The zero-order chi connectivity index (χ0) is 24.1. The van der Waals surface area contributed by atoms with E-state index < -0.39 is 5.97 Å². The van der Waals surface area contributed by atoms with Crippen molar-refractivity contribution in [3.63, 3.8) is 0 Å². The van der Waals surface area contributed by atoms with Crippen LogP contribution in [0.25, 0.3) is 0 Å². The van der Waals surface area contributed by atoms with E-state index in [2.05, 4.69) is 57.5 Å². The molecule has 0 spiro atoms. The lowest BCUT2D eigenvalue weighted by Crippen LogP contribution is -2.55. The highest BCUT2D eigenvalue weighted by atomic mass is 19.1. The minimum Gasteiger partial charge on any atom is -0.465 e. The van der Waals surface area contributed by atoms with Gasteiger partial charge in [0.15, 0.2) is 0 Å². The standard InChI is InChI=1S/C27H36FN3O3/c1-20-15-30(19-25-8-7-24(14-26(25)28)27(32)33-3)16-21(2)31(20)18-23-6-4-5-22(13-23)17-29-9-11-34-12-10-29/h4-8,13-14,20-21H,9-12,15-19H2,1-3H3/t20-,21+. The fourth-order valence-corrected chi connectivity index (χ4v) is 5.12. The first-order chi connectivity index (χ1) is 16.4. The van der Waals surface area contributed by atoms with E-state index in [1.54, 1.807) is 12.1 Å². The minimum atomic E-state index is -0.518. The van der Waals surface area contributed by atoms with Crippen molar-refractivity contribution in [3.05, 3.63) is 70.5 Å². The van der Waals surface area contributed by atoms with E-state index in [0.29, 0.717) is 24.2 Å². The van der Waals surface area contributed by atoms with Crippen molar-refractivity contribution in [1.82, 2.24) is 14.7 Å². The first-order valence-corrected chi connectivity index (χ1v) is 12.2. The molecular weight excluding hydrogens is 433 g/mol. The Bertz CT molecular complexity index is 967. The zero-order valence-corrected chi connectivity index (χ0v) is 20.5. The fraction of sp³-hybridized carbons (Fsp3) is 0.519. The normalized spacial score (nSPS) is 22.6. The summed E-state index contributed by atoms with van der Waals surface area (Å²) >= 11 is 0. The maximum absolute atomic E-state index is 14.6. The predicted octanol–water partition coefficient (Wildman–Crippen LogP) is 3.54. The molecule has 7 heteroatoms. The van der Waals surface area contributed by atoms with Gasteiger partial charge in [-0.15, -0.1) is 0 Å². The maximum atomic E-state index is 14.6. The number of carbonyl (C=O) groups is 1. The second-order valence-corrected chi connectivity index (χ2v) is 9.57. The Hall–Kier alpha value is -2.32. The van der Waals surface area contributed by atoms with Crippen LogP contribution in [-0.4, -0.2) is 79.3 Å². The maximum Gasteiger partial charge on any atom is 0.337 e. The Morgan fingerprint density at radius 2 is 1.65 bits per heavy atom. The molecule has 2 fully saturated rings. The predicted molar refractivity (Wildman–Crippen MR) is 130 cm³/mol. The molecule has 2 heterocycles. The molecule has 2 aliphatic heterocycles. The third kappa shape index (κ3) is 6.21. The van der Waals surface area contributed by atoms with Crippen LogP contribution in [0.1, 0.15) is 40.9 Å². The topological polar surface area (TPSA) is 45.2 Å². The van der Waals surface area contributed by atoms with Gasteiger partial charge in [0.05, 0.1) is 25.9 Å². The second kappa shape index (κ2) is 11.4.